The first-order valence-electron chi connectivity index (χ1n) is 5.78. The van der Waals surface area contributed by atoms with E-state index in [2.05, 4.69) is 4.90 Å². The SMILES string of the molecule is Cl.NCC1CCCN(CC(=O)c2cccs2)C1. The van der Waals surface area contributed by atoms with E-state index in [-0.39, 0.29) is 18.2 Å². The van der Waals surface area contributed by atoms with Crippen LogP contribution < -0.4 is 5.73 Å². The molecule has 0 aliphatic carbocycles. The lowest BCUT2D eigenvalue weighted by Gasteiger charge is -2.31. The molecule has 0 amide bonds. The topological polar surface area (TPSA) is 46.3 Å². The summed E-state index contributed by atoms with van der Waals surface area (Å²) in [7, 11) is 0. The van der Waals surface area contributed by atoms with Gasteiger partial charge in [0.15, 0.2) is 5.78 Å². The fraction of sp³-hybridized carbons (Fsp3) is 0.583. The molecule has 1 unspecified atom stereocenters. The van der Waals surface area contributed by atoms with Gasteiger partial charge in [-0.05, 0) is 43.3 Å². The molecule has 1 saturated heterocycles. The van der Waals surface area contributed by atoms with E-state index >= 15 is 0 Å². The molecular weight excluding hydrogens is 256 g/mol. The summed E-state index contributed by atoms with van der Waals surface area (Å²) in [6.07, 6.45) is 2.37. The normalized spacial score (nSPS) is 20.9. The van der Waals surface area contributed by atoms with Crippen molar-refractivity contribution in [2.75, 3.05) is 26.2 Å². The van der Waals surface area contributed by atoms with Crippen LogP contribution in [0.4, 0.5) is 0 Å². The Labute approximate surface area is 112 Å². The Bertz CT molecular complexity index is 342. The number of carbonyl (C=O) groups excluding carboxylic acids is 1. The number of nitrogens with two attached hydrogens (primary N) is 1. The fourth-order valence-electron chi connectivity index (χ4n) is 2.21. The zero-order chi connectivity index (χ0) is 11.4. The minimum atomic E-state index is 0. The number of hydrogen-bond donors (Lipinski definition) is 1. The maximum absolute atomic E-state index is 11.9. The van der Waals surface area contributed by atoms with Crippen molar-refractivity contribution >= 4 is 29.5 Å². The van der Waals surface area contributed by atoms with Crippen molar-refractivity contribution in [2.45, 2.75) is 12.8 Å². The first kappa shape index (κ1) is 14.6. The second-order valence-electron chi connectivity index (χ2n) is 4.38. The zero-order valence-electron chi connectivity index (χ0n) is 9.80. The van der Waals surface area contributed by atoms with E-state index in [1.54, 1.807) is 0 Å². The molecule has 0 spiro atoms. The lowest BCUT2D eigenvalue weighted by Crippen LogP contribution is -2.40. The number of ketones is 1. The lowest BCUT2D eigenvalue weighted by molar-refractivity contribution is 0.0893. The Morgan fingerprint density at radius 2 is 2.41 bits per heavy atom. The van der Waals surface area contributed by atoms with Gasteiger partial charge in [0.1, 0.15) is 0 Å². The van der Waals surface area contributed by atoms with Crippen molar-refractivity contribution in [3.05, 3.63) is 22.4 Å². The van der Waals surface area contributed by atoms with Crippen molar-refractivity contribution in [3.63, 3.8) is 0 Å². The van der Waals surface area contributed by atoms with Gasteiger partial charge in [0.25, 0.3) is 0 Å². The Morgan fingerprint density at radius 1 is 1.59 bits per heavy atom. The summed E-state index contributed by atoms with van der Waals surface area (Å²) in [5.41, 5.74) is 5.68. The summed E-state index contributed by atoms with van der Waals surface area (Å²) in [6.45, 7) is 3.31. The van der Waals surface area contributed by atoms with Gasteiger partial charge in [0, 0.05) is 6.54 Å². The molecule has 1 aliphatic rings. The average Bonchev–Trinajstić information content (AvgIpc) is 2.83. The Hall–Kier alpha value is -0.420. The van der Waals surface area contributed by atoms with Crippen molar-refractivity contribution < 1.29 is 4.79 Å². The first-order valence-corrected chi connectivity index (χ1v) is 6.66. The van der Waals surface area contributed by atoms with Crippen molar-refractivity contribution in [2.24, 2.45) is 11.7 Å². The maximum atomic E-state index is 11.9. The molecule has 3 nitrogen and oxygen atoms in total. The van der Waals surface area contributed by atoms with E-state index < -0.39 is 0 Å². The molecule has 1 aliphatic heterocycles. The summed E-state index contributed by atoms with van der Waals surface area (Å²) >= 11 is 1.53. The molecule has 1 aromatic rings. The minimum Gasteiger partial charge on any atom is -0.330 e. The quantitative estimate of drug-likeness (QED) is 0.855. The highest BCUT2D eigenvalue weighted by atomic mass is 35.5. The molecule has 1 fully saturated rings. The highest BCUT2D eigenvalue weighted by Gasteiger charge is 2.21. The highest BCUT2D eigenvalue weighted by Crippen LogP contribution is 2.16. The van der Waals surface area contributed by atoms with E-state index in [9.17, 15) is 4.79 Å². The molecule has 2 rings (SSSR count). The second-order valence-corrected chi connectivity index (χ2v) is 5.33. The number of piperidine rings is 1. The minimum absolute atomic E-state index is 0. The van der Waals surface area contributed by atoms with E-state index in [1.807, 2.05) is 17.5 Å². The monoisotopic (exact) mass is 274 g/mol. The van der Waals surface area contributed by atoms with Crippen LogP contribution in [0.25, 0.3) is 0 Å². The molecule has 1 atom stereocenters. The fourth-order valence-corrected chi connectivity index (χ4v) is 2.86. The molecule has 0 bridgehead atoms. The largest absolute Gasteiger partial charge is 0.330 e. The molecule has 2 N–H and O–H groups in total. The second kappa shape index (κ2) is 7.11. The van der Waals surface area contributed by atoms with Gasteiger partial charge in [-0.25, -0.2) is 0 Å². The molecule has 96 valence electrons. The first-order chi connectivity index (χ1) is 7.79. The van der Waals surface area contributed by atoms with Crippen LogP contribution in [0.1, 0.15) is 22.5 Å². The van der Waals surface area contributed by atoms with Gasteiger partial charge in [-0.15, -0.1) is 23.7 Å². The molecule has 1 aromatic heterocycles. The van der Waals surface area contributed by atoms with Crippen LogP contribution >= 0.6 is 23.7 Å². The summed E-state index contributed by atoms with van der Waals surface area (Å²) in [5, 5.41) is 1.95. The number of halogens is 1. The van der Waals surface area contributed by atoms with Crippen molar-refractivity contribution in [1.82, 2.24) is 4.90 Å². The van der Waals surface area contributed by atoms with Crippen LogP contribution in [0.3, 0.4) is 0 Å². The zero-order valence-corrected chi connectivity index (χ0v) is 11.4. The van der Waals surface area contributed by atoms with Crippen LogP contribution in [0, 0.1) is 5.92 Å². The van der Waals surface area contributed by atoms with E-state index in [4.69, 9.17) is 5.73 Å². The number of hydrogen-bond acceptors (Lipinski definition) is 4. The van der Waals surface area contributed by atoms with Gasteiger partial charge in [0.2, 0.25) is 0 Å². The maximum Gasteiger partial charge on any atom is 0.186 e. The van der Waals surface area contributed by atoms with Crippen LogP contribution in [-0.2, 0) is 0 Å². The third kappa shape index (κ3) is 4.07. The summed E-state index contributed by atoms with van der Waals surface area (Å²) in [6, 6.07) is 3.83. The Balaban J connectivity index is 0.00000144. The van der Waals surface area contributed by atoms with E-state index in [1.165, 1.54) is 24.2 Å². The van der Waals surface area contributed by atoms with Crippen LogP contribution in [-0.4, -0.2) is 36.9 Å². The molecule has 0 saturated carbocycles. The van der Waals surface area contributed by atoms with Gasteiger partial charge in [-0.3, -0.25) is 9.69 Å². The standard InChI is InChI=1S/C12H18N2OS.ClH/c13-7-10-3-1-5-14(8-10)9-11(15)12-4-2-6-16-12;/h2,4,6,10H,1,3,5,7-9,13H2;1H. The lowest BCUT2D eigenvalue weighted by atomic mass is 9.98. The summed E-state index contributed by atoms with van der Waals surface area (Å²) in [4.78, 5) is 15.0. The number of likely N-dealkylation sites (tertiary alicyclic amines) is 1. The third-order valence-corrected chi connectivity index (χ3v) is 4.01. The van der Waals surface area contributed by atoms with Crippen molar-refractivity contribution in [1.29, 1.82) is 0 Å². The number of nitrogens with zero attached hydrogens (tertiary/aromatic N) is 1. The third-order valence-electron chi connectivity index (χ3n) is 3.10. The number of carbonyl (C=O) groups is 1. The molecule has 17 heavy (non-hydrogen) atoms. The van der Waals surface area contributed by atoms with Gasteiger partial charge in [-0.2, -0.15) is 0 Å². The van der Waals surface area contributed by atoms with Crippen LogP contribution in [0.5, 0.6) is 0 Å². The van der Waals surface area contributed by atoms with E-state index in [0.29, 0.717) is 12.5 Å². The van der Waals surface area contributed by atoms with Gasteiger partial charge in [0.05, 0.1) is 11.4 Å². The van der Waals surface area contributed by atoms with Gasteiger partial charge in [-0.1, -0.05) is 6.07 Å². The molecule has 5 heteroatoms. The average molecular weight is 275 g/mol. The number of rotatable bonds is 4. The van der Waals surface area contributed by atoms with Gasteiger partial charge < -0.3 is 5.73 Å². The predicted molar refractivity (Wildman–Crippen MR) is 74.1 cm³/mol. The van der Waals surface area contributed by atoms with Crippen LogP contribution in [0.2, 0.25) is 0 Å². The summed E-state index contributed by atoms with van der Waals surface area (Å²) in [5.74, 6) is 0.817. The van der Waals surface area contributed by atoms with Crippen molar-refractivity contribution in [3.8, 4) is 0 Å². The predicted octanol–water partition coefficient (Wildman–Crippen LogP) is 2.02. The molecular formula is C12H19ClN2OS. The highest BCUT2D eigenvalue weighted by molar-refractivity contribution is 7.12. The smallest absolute Gasteiger partial charge is 0.186 e. The molecule has 0 radical (unpaired) electrons. The molecule has 2 heterocycles. The van der Waals surface area contributed by atoms with E-state index in [0.717, 1.165) is 24.5 Å². The Kier molecular flexibility index (Phi) is 6.12. The Morgan fingerprint density at radius 3 is 3.06 bits per heavy atom. The number of Topliss-reactive ketones (excluding diaryl/α,β-unsaturated/α-hetero) is 1. The number of thiophene rings is 1. The molecule has 0 aromatic carbocycles. The van der Waals surface area contributed by atoms with Gasteiger partial charge >= 0.3 is 0 Å². The summed E-state index contributed by atoms with van der Waals surface area (Å²) < 4.78 is 0. The van der Waals surface area contributed by atoms with Crippen LogP contribution in [0.15, 0.2) is 17.5 Å².